The van der Waals surface area contributed by atoms with E-state index in [4.69, 9.17) is 11.6 Å². The van der Waals surface area contributed by atoms with E-state index in [0.717, 1.165) is 0 Å². The first-order chi connectivity index (χ1) is 14.3. The van der Waals surface area contributed by atoms with Gasteiger partial charge in [-0.15, -0.1) is 0 Å². The van der Waals surface area contributed by atoms with Crippen LogP contribution in [0.25, 0.3) is 0 Å². The molecule has 0 saturated carbocycles. The maximum absolute atomic E-state index is 12.4. The van der Waals surface area contributed by atoms with Crippen molar-refractivity contribution in [2.75, 3.05) is 37.6 Å². The molecular formula is C19H21ClN4O5S. The third-order valence-corrected chi connectivity index (χ3v) is 6.77. The highest BCUT2D eigenvalue weighted by molar-refractivity contribution is 7.89. The minimum Gasteiger partial charge on any atom is -0.362 e. The fourth-order valence-corrected chi connectivity index (χ4v) is 4.82. The monoisotopic (exact) mass is 452 g/mol. The number of rotatable bonds is 7. The molecule has 0 aromatic heterocycles. The van der Waals surface area contributed by atoms with Gasteiger partial charge in [0.05, 0.1) is 9.95 Å². The van der Waals surface area contributed by atoms with Gasteiger partial charge in [-0.1, -0.05) is 35.9 Å². The van der Waals surface area contributed by atoms with Gasteiger partial charge in [-0.25, -0.2) is 13.1 Å². The summed E-state index contributed by atoms with van der Waals surface area (Å²) in [7, 11) is -3.80. The third kappa shape index (κ3) is 5.07. The second-order valence-corrected chi connectivity index (χ2v) is 8.83. The molecule has 0 atom stereocenters. The number of hydrogen-bond acceptors (Lipinski definition) is 6. The summed E-state index contributed by atoms with van der Waals surface area (Å²) in [5.74, 6) is -0.181. The Balaban J connectivity index is 1.52. The molecule has 0 aliphatic carbocycles. The number of hydrogen-bond donors (Lipinski definition) is 1. The summed E-state index contributed by atoms with van der Waals surface area (Å²) < 4.78 is 27.0. The van der Waals surface area contributed by atoms with Gasteiger partial charge in [0.1, 0.15) is 10.6 Å². The molecule has 30 heavy (non-hydrogen) atoms. The van der Waals surface area contributed by atoms with Crippen LogP contribution in [0.2, 0.25) is 5.02 Å². The van der Waals surface area contributed by atoms with E-state index < -0.39 is 14.9 Å². The Morgan fingerprint density at radius 2 is 1.70 bits per heavy atom. The lowest BCUT2D eigenvalue weighted by atomic mass is 10.2. The number of carbonyl (C=O) groups excluding carboxylic acids is 1. The first-order valence-corrected chi connectivity index (χ1v) is 11.2. The zero-order valence-corrected chi connectivity index (χ0v) is 17.6. The van der Waals surface area contributed by atoms with E-state index in [9.17, 15) is 23.3 Å². The number of nitrogens with one attached hydrogen (secondary N) is 1. The van der Waals surface area contributed by atoms with E-state index >= 15 is 0 Å². The normalized spacial score (nSPS) is 14.6. The lowest BCUT2D eigenvalue weighted by Gasteiger charge is -2.35. The van der Waals surface area contributed by atoms with Crippen molar-refractivity contribution >= 4 is 38.9 Å². The van der Waals surface area contributed by atoms with Crippen molar-refractivity contribution in [2.45, 2.75) is 11.3 Å². The molecule has 9 nitrogen and oxygen atoms in total. The van der Waals surface area contributed by atoms with Crippen molar-refractivity contribution in [2.24, 2.45) is 0 Å². The Morgan fingerprint density at radius 1 is 1.07 bits per heavy atom. The molecule has 1 fully saturated rings. The van der Waals surface area contributed by atoms with Crippen LogP contribution in [-0.2, 0) is 14.8 Å². The molecule has 2 aromatic rings. The number of sulfonamides is 1. The molecule has 2 aromatic carbocycles. The number of amides is 1. The lowest BCUT2D eigenvalue weighted by molar-refractivity contribution is -0.384. The summed E-state index contributed by atoms with van der Waals surface area (Å²) in [6.07, 6.45) is 0.00909. The number of benzene rings is 2. The quantitative estimate of drug-likeness (QED) is 0.509. The van der Waals surface area contributed by atoms with Gasteiger partial charge in [-0.2, -0.15) is 0 Å². The van der Waals surface area contributed by atoms with E-state index in [-0.39, 0.29) is 34.5 Å². The van der Waals surface area contributed by atoms with Crippen molar-refractivity contribution in [3.05, 3.63) is 63.7 Å². The van der Waals surface area contributed by atoms with E-state index in [2.05, 4.69) is 4.72 Å². The smallest absolute Gasteiger partial charge is 0.292 e. The number of carbonyl (C=O) groups is 1. The highest BCUT2D eigenvalue weighted by Crippen LogP contribution is 2.28. The molecule has 1 amide bonds. The minimum absolute atomic E-state index is 0.00909. The van der Waals surface area contributed by atoms with Crippen molar-refractivity contribution in [3.63, 3.8) is 0 Å². The maximum Gasteiger partial charge on any atom is 0.292 e. The Labute approximate surface area is 179 Å². The molecular weight excluding hydrogens is 432 g/mol. The van der Waals surface area contributed by atoms with Gasteiger partial charge >= 0.3 is 0 Å². The largest absolute Gasteiger partial charge is 0.362 e. The van der Waals surface area contributed by atoms with Crippen LogP contribution in [0, 0.1) is 10.1 Å². The number of nitro benzene ring substituents is 1. The number of nitrogens with zero attached hydrogens (tertiary/aromatic N) is 3. The molecule has 1 N–H and O–H groups in total. The maximum atomic E-state index is 12.4. The Kier molecular flexibility index (Phi) is 6.91. The van der Waals surface area contributed by atoms with Gasteiger partial charge in [0, 0.05) is 45.2 Å². The minimum atomic E-state index is -3.80. The highest BCUT2D eigenvalue weighted by atomic mass is 35.5. The molecule has 0 spiro atoms. The van der Waals surface area contributed by atoms with Crippen LogP contribution >= 0.6 is 11.6 Å². The fraction of sp³-hybridized carbons (Fsp3) is 0.316. The number of halogens is 1. The van der Waals surface area contributed by atoms with Gasteiger partial charge < -0.3 is 9.80 Å². The van der Waals surface area contributed by atoms with E-state index in [1.807, 2.05) is 4.90 Å². The van der Waals surface area contributed by atoms with Gasteiger partial charge in [0.2, 0.25) is 15.9 Å². The number of para-hydroxylation sites is 2. The summed E-state index contributed by atoms with van der Waals surface area (Å²) in [4.78, 5) is 26.7. The zero-order chi connectivity index (χ0) is 21.7. The zero-order valence-electron chi connectivity index (χ0n) is 16.0. The molecule has 11 heteroatoms. The first kappa shape index (κ1) is 22.0. The van der Waals surface area contributed by atoms with Crippen LogP contribution in [0.5, 0.6) is 0 Å². The Morgan fingerprint density at radius 3 is 2.37 bits per heavy atom. The van der Waals surface area contributed by atoms with E-state index in [1.165, 1.54) is 18.2 Å². The second-order valence-electron chi connectivity index (χ2n) is 6.69. The summed E-state index contributed by atoms with van der Waals surface area (Å²) in [5, 5.41) is 11.3. The number of nitro groups is 1. The molecule has 1 aliphatic rings. The topological polar surface area (TPSA) is 113 Å². The van der Waals surface area contributed by atoms with Crippen molar-refractivity contribution < 1.29 is 18.1 Å². The van der Waals surface area contributed by atoms with E-state index in [1.54, 1.807) is 35.2 Å². The third-order valence-electron chi connectivity index (χ3n) is 4.81. The van der Waals surface area contributed by atoms with Gasteiger partial charge in [0.25, 0.3) is 5.69 Å². The van der Waals surface area contributed by atoms with Gasteiger partial charge in [-0.3, -0.25) is 14.9 Å². The second kappa shape index (κ2) is 9.41. The van der Waals surface area contributed by atoms with Crippen LogP contribution in [0.15, 0.2) is 53.4 Å². The van der Waals surface area contributed by atoms with E-state index in [0.29, 0.717) is 31.9 Å². The average Bonchev–Trinajstić information content (AvgIpc) is 2.74. The van der Waals surface area contributed by atoms with Crippen molar-refractivity contribution in [1.29, 1.82) is 0 Å². The standard InChI is InChI=1S/C19H21ClN4O5S/c20-15-5-1-4-8-18(15)30(28,29)21-10-9-19(25)23-13-11-22(12-14-23)16-6-2-3-7-17(16)24(26)27/h1-8,21H,9-14H2. The Bertz CT molecular complexity index is 1040. The molecule has 1 saturated heterocycles. The van der Waals surface area contributed by atoms with Crippen LogP contribution < -0.4 is 9.62 Å². The summed E-state index contributed by atoms with van der Waals surface area (Å²) in [6.45, 7) is 1.69. The van der Waals surface area contributed by atoms with Crippen LogP contribution in [0.4, 0.5) is 11.4 Å². The predicted molar refractivity (Wildman–Crippen MR) is 113 cm³/mol. The number of anilines is 1. The highest BCUT2D eigenvalue weighted by Gasteiger charge is 2.25. The summed E-state index contributed by atoms with van der Waals surface area (Å²) in [6, 6.07) is 12.6. The number of piperazine rings is 1. The molecule has 0 radical (unpaired) electrons. The fourth-order valence-electron chi connectivity index (χ4n) is 3.27. The summed E-state index contributed by atoms with van der Waals surface area (Å²) in [5.41, 5.74) is 0.563. The molecule has 1 aliphatic heterocycles. The van der Waals surface area contributed by atoms with Crippen LogP contribution in [0.3, 0.4) is 0 Å². The lowest BCUT2D eigenvalue weighted by Crippen LogP contribution is -2.49. The van der Waals surface area contributed by atoms with Crippen LogP contribution in [0.1, 0.15) is 6.42 Å². The molecule has 1 heterocycles. The van der Waals surface area contributed by atoms with Crippen LogP contribution in [-0.4, -0.2) is 56.9 Å². The molecule has 160 valence electrons. The molecule has 0 bridgehead atoms. The summed E-state index contributed by atoms with van der Waals surface area (Å²) >= 11 is 5.93. The first-order valence-electron chi connectivity index (χ1n) is 9.30. The molecule has 3 rings (SSSR count). The van der Waals surface area contributed by atoms with Crippen molar-refractivity contribution in [1.82, 2.24) is 9.62 Å². The Hall–Kier alpha value is -2.69. The average molecular weight is 453 g/mol. The molecule has 0 unspecified atom stereocenters. The SMILES string of the molecule is O=C(CCNS(=O)(=O)c1ccccc1Cl)N1CCN(c2ccccc2[N+](=O)[O-])CC1. The predicted octanol–water partition coefficient (Wildman–Crippen LogP) is 2.27. The van der Waals surface area contributed by atoms with Gasteiger partial charge in [0.15, 0.2) is 0 Å². The van der Waals surface area contributed by atoms with Crippen molar-refractivity contribution in [3.8, 4) is 0 Å². The van der Waals surface area contributed by atoms with Gasteiger partial charge in [-0.05, 0) is 18.2 Å².